The fraction of sp³-hybridized carbons (Fsp3) is 0.258. The second-order valence-electron chi connectivity index (χ2n) is 10.3. The number of ketones is 1. The Labute approximate surface area is 230 Å². The fourth-order valence-corrected chi connectivity index (χ4v) is 6.38. The number of nitrogens with zero attached hydrogens (tertiary/aromatic N) is 2. The number of Topliss-reactive ketones (excluding diaryl/α,β-unsaturated/α-hetero) is 1. The van der Waals surface area contributed by atoms with E-state index < -0.39 is 17.7 Å². The summed E-state index contributed by atoms with van der Waals surface area (Å²) < 4.78 is 12.2. The zero-order valence-corrected chi connectivity index (χ0v) is 23.0. The van der Waals surface area contributed by atoms with Gasteiger partial charge in [-0.3, -0.25) is 14.5 Å². The van der Waals surface area contributed by atoms with Crippen molar-refractivity contribution in [3.05, 3.63) is 88.0 Å². The van der Waals surface area contributed by atoms with Gasteiger partial charge in [0, 0.05) is 5.56 Å². The summed E-state index contributed by atoms with van der Waals surface area (Å²) in [5, 5.41) is 12.0. The molecule has 3 heterocycles. The number of ether oxygens (including phenoxy) is 2. The highest BCUT2D eigenvalue weighted by molar-refractivity contribution is 7.22. The van der Waals surface area contributed by atoms with E-state index in [0.717, 1.165) is 26.9 Å². The number of aromatic nitrogens is 1. The zero-order valence-electron chi connectivity index (χ0n) is 22.1. The van der Waals surface area contributed by atoms with Gasteiger partial charge in [-0.05, 0) is 66.3 Å². The molecule has 1 atom stereocenters. The van der Waals surface area contributed by atoms with Gasteiger partial charge in [0.05, 0.1) is 21.8 Å². The van der Waals surface area contributed by atoms with Crippen molar-refractivity contribution in [2.24, 2.45) is 0 Å². The van der Waals surface area contributed by atoms with Crippen LogP contribution in [0.25, 0.3) is 16.0 Å². The largest absolute Gasteiger partial charge is 0.507 e. The van der Waals surface area contributed by atoms with Crippen LogP contribution in [0.1, 0.15) is 53.6 Å². The molecule has 7 nitrogen and oxygen atoms in total. The van der Waals surface area contributed by atoms with Crippen LogP contribution in [0.3, 0.4) is 0 Å². The smallest absolute Gasteiger partial charge is 0.301 e. The van der Waals surface area contributed by atoms with Gasteiger partial charge < -0.3 is 14.6 Å². The molecule has 0 aliphatic carbocycles. The van der Waals surface area contributed by atoms with Crippen molar-refractivity contribution in [1.82, 2.24) is 4.98 Å². The van der Waals surface area contributed by atoms with Gasteiger partial charge in [0.15, 0.2) is 16.6 Å². The molecule has 198 valence electrons. The lowest BCUT2D eigenvalue weighted by Gasteiger charge is -2.23. The van der Waals surface area contributed by atoms with E-state index in [0.29, 0.717) is 46.9 Å². The van der Waals surface area contributed by atoms with E-state index in [2.05, 4.69) is 13.8 Å². The van der Waals surface area contributed by atoms with E-state index in [9.17, 15) is 14.7 Å². The molecule has 6 rings (SSSR count). The highest BCUT2D eigenvalue weighted by Crippen LogP contribution is 2.45. The topological polar surface area (TPSA) is 89.0 Å². The van der Waals surface area contributed by atoms with Gasteiger partial charge in [0.1, 0.15) is 19.0 Å². The number of carbonyl (C=O) groups excluding carboxylic acids is 2. The Hall–Kier alpha value is -4.17. The minimum atomic E-state index is -0.846. The quantitative estimate of drug-likeness (QED) is 0.182. The molecule has 0 spiro atoms. The lowest BCUT2D eigenvalue weighted by Crippen LogP contribution is -2.29. The molecule has 2 aliphatic rings. The summed E-state index contributed by atoms with van der Waals surface area (Å²) in [6.45, 7) is 9.04. The number of aliphatic hydroxyl groups is 1. The lowest BCUT2D eigenvalue weighted by atomic mass is 9.93. The minimum absolute atomic E-state index is 0.0149. The number of anilines is 1. The lowest BCUT2D eigenvalue weighted by molar-refractivity contribution is -0.132. The van der Waals surface area contributed by atoms with E-state index in [4.69, 9.17) is 14.5 Å². The summed E-state index contributed by atoms with van der Waals surface area (Å²) in [6.07, 6.45) is 0. The first-order chi connectivity index (χ1) is 18.7. The van der Waals surface area contributed by atoms with E-state index >= 15 is 0 Å². The second-order valence-corrected chi connectivity index (χ2v) is 11.3. The van der Waals surface area contributed by atoms with Crippen LogP contribution in [0.15, 0.2) is 60.2 Å². The number of hydrogen-bond donors (Lipinski definition) is 1. The summed E-state index contributed by atoms with van der Waals surface area (Å²) >= 11 is 1.36. The first kappa shape index (κ1) is 25.1. The van der Waals surface area contributed by atoms with Gasteiger partial charge in [0.25, 0.3) is 5.78 Å². The number of hydrogen-bond acceptors (Lipinski definition) is 7. The van der Waals surface area contributed by atoms with Crippen molar-refractivity contribution in [3.8, 4) is 11.5 Å². The number of benzene rings is 3. The summed E-state index contributed by atoms with van der Waals surface area (Å²) in [7, 11) is 0. The van der Waals surface area contributed by atoms with Crippen molar-refractivity contribution >= 4 is 44.1 Å². The third kappa shape index (κ3) is 4.25. The van der Waals surface area contributed by atoms with Crippen LogP contribution in [0.4, 0.5) is 5.13 Å². The van der Waals surface area contributed by atoms with Crippen molar-refractivity contribution in [1.29, 1.82) is 0 Å². The Balaban J connectivity index is 1.54. The van der Waals surface area contributed by atoms with Gasteiger partial charge in [-0.1, -0.05) is 55.5 Å². The Morgan fingerprint density at radius 2 is 1.72 bits per heavy atom. The van der Waals surface area contributed by atoms with Crippen LogP contribution in [0.5, 0.6) is 11.5 Å². The molecule has 4 aromatic rings. The van der Waals surface area contributed by atoms with Gasteiger partial charge in [-0.2, -0.15) is 0 Å². The molecular formula is C31H28N2O5S. The monoisotopic (exact) mass is 540 g/mol. The summed E-state index contributed by atoms with van der Waals surface area (Å²) in [5.74, 6) is -0.376. The maximum atomic E-state index is 13.6. The highest BCUT2D eigenvalue weighted by Gasteiger charge is 2.48. The predicted molar refractivity (Wildman–Crippen MR) is 152 cm³/mol. The summed E-state index contributed by atoms with van der Waals surface area (Å²) in [6, 6.07) is 16.1. The average molecular weight is 541 g/mol. The maximum Gasteiger partial charge on any atom is 0.301 e. The van der Waals surface area contributed by atoms with Gasteiger partial charge in [0.2, 0.25) is 0 Å². The molecule has 1 aromatic heterocycles. The van der Waals surface area contributed by atoms with E-state index in [1.54, 1.807) is 18.2 Å². The van der Waals surface area contributed by atoms with Gasteiger partial charge in [-0.25, -0.2) is 4.98 Å². The second kappa shape index (κ2) is 9.54. The van der Waals surface area contributed by atoms with Crippen LogP contribution in [-0.4, -0.2) is 35.0 Å². The first-order valence-electron chi connectivity index (χ1n) is 12.9. The van der Waals surface area contributed by atoms with Crippen molar-refractivity contribution in [3.63, 3.8) is 0 Å². The van der Waals surface area contributed by atoms with Gasteiger partial charge in [-0.15, -0.1) is 0 Å². The number of thiazole rings is 1. The van der Waals surface area contributed by atoms with E-state index in [1.807, 2.05) is 50.2 Å². The van der Waals surface area contributed by atoms with Crippen molar-refractivity contribution < 1.29 is 24.2 Å². The van der Waals surface area contributed by atoms with Crippen LogP contribution in [-0.2, 0) is 9.59 Å². The fourth-order valence-electron chi connectivity index (χ4n) is 5.22. The normalized spacial score (nSPS) is 18.4. The molecule has 1 amide bonds. The summed E-state index contributed by atoms with van der Waals surface area (Å²) in [4.78, 5) is 33.4. The van der Waals surface area contributed by atoms with Crippen molar-refractivity contribution in [2.75, 3.05) is 18.1 Å². The maximum absolute atomic E-state index is 13.6. The molecule has 0 saturated carbocycles. The molecule has 1 fully saturated rings. The number of amides is 1. The van der Waals surface area contributed by atoms with Crippen LogP contribution >= 0.6 is 11.3 Å². The van der Waals surface area contributed by atoms with E-state index in [-0.39, 0.29) is 11.3 Å². The van der Waals surface area contributed by atoms with Crippen LogP contribution in [0, 0.1) is 13.8 Å². The Morgan fingerprint density at radius 3 is 2.44 bits per heavy atom. The first-order valence-corrected chi connectivity index (χ1v) is 13.7. The predicted octanol–water partition coefficient (Wildman–Crippen LogP) is 6.43. The molecule has 0 radical (unpaired) electrons. The molecule has 2 aliphatic heterocycles. The molecule has 1 saturated heterocycles. The molecule has 1 N–H and O–H groups in total. The molecule has 0 unspecified atom stereocenters. The number of aryl methyl sites for hydroxylation is 2. The van der Waals surface area contributed by atoms with E-state index in [1.165, 1.54) is 16.2 Å². The standard InChI is InChI=1S/C31H28N2O5S/c1-16(2)19-5-7-20(8-6-19)27-25(28(34)21-9-10-22-23(15-21)38-12-11-37-22)29(35)30(36)33(27)31-32-26-18(4)13-17(3)14-24(26)39-31/h5-10,13-16,27,34H,11-12H2,1-4H3/b28-25+/t27-/m1/s1. The van der Waals surface area contributed by atoms with Gasteiger partial charge >= 0.3 is 5.91 Å². The minimum Gasteiger partial charge on any atom is -0.507 e. The Kier molecular flexibility index (Phi) is 6.14. The molecule has 0 bridgehead atoms. The molecule has 39 heavy (non-hydrogen) atoms. The summed E-state index contributed by atoms with van der Waals surface area (Å²) in [5.41, 5.74) is 5.12. The average Bonchev–Trinajstić information content (AvgIpc) is 3.46. The molecule has 8 heteroatoms. The third-order valence-electron chi connectivity index (χ3n) is 7.20. The highest BCUT2D eigenvalue weighted by atomic mass is 32.1. The number of fused-ring (bicyclic) bond motifs is 2. The number of aliphatic hydroxyl groups excluding tert-OH is 1. The Bertz CT molecular complexity index is 1670. The number of carbonyl (C=O) groups is 2. The van der Waals surface area contributed by atoms with Crippen molar-refractivity contribution in [2.45, 2.75) is 39.7 Å². The molecular weight excluding hydrogens is 512 g/mol. The molecule has 3 aromatic carbocycles. The zero-order chi connectivity index (χ0) is 27.4. The number of rotatable bonds is 4. The van der Waals surface area contributed by atoms with Crippen LogP contribution in [0.2, 0.25) is 0 Å². The third-order valence-corrected chi connectivity index (χ3v) is 8.21. The SMILES string of the molecule is Cc1cc(C)c2nc(N3C(=O)C(=O)/C(=C(/O)c4ccc5c(c4)OCCO5)[C@H]3c3ccc(C(C)C)cc3)sc2c1. The Morgan fingerprint density at radius 1 is 1.00 bits per heavy atom. The van der Waals surface area contributed by atoms with Crippen LogP contribution < -0.4 is 14.4 Å².